The van der Waals surface area contributed by atoms with E-state index in [4.69, 9.17) is 0 Å². The molecule has 3 heterocycles. The fraction of sp³-hybridized carbons (Fsp3) is 0.667. The number of amides is 4. The van der Waals surface area contributed by atoms with Gasteiger partial charge >= 0.3 is 12.6 Å². The number of nitrogens with zero attached hydrogens (tertiary/aromatic N) is 5. The third kappa shape index (κ3) is 3.14. The Kier molecular flexibility index (Phi) is 5.16. The van der Waals surface area contributed by atoms with Crippen LogP contribution in [0, 0.1) is 12.8 Å². The number of likely N-dealkylation sites (tertiary alicyclic amines) is 1. The lowest BCUT2D eigenvalue weighted by Crippen LogP contribution is -2.58. The third-order valence-corrected chi connectivity index (χ3v) is 5.49. The molecule has 1 spiro atoms. The van der Waals surface area contributed by atoms with Crippen LogP contribution in [0.3, 0.4) is 0 Å². The van der Waals surface area contributed by atoms with Crippen LogP contribution in [0.2, 0.25) is 0 Å². The number of piperidine rings is 1. The van der Waals surface area contributed by atoms with E-state index in [1.165, 1.54) is 24.9 Å². The molecule has 3 rings (SSSR count). The number of likely N-dealkylation sites (N-methyl/N-ethyl adjacent to an activating group) is 1. The number of imide groups is 1. The van der Waals surface area contributed by atoms with Crippen molar-refractivity contribution < 1.29 is 23.2 Å². The molecule has 1 aromatic rings. The second-order valence-electron chi connectivity index (χ2n) is 7.87. The van der Waals surface area contributed by atoms with E-state index in [-0.39, 0.29) is 42.3 Å². The highest BCUT2D eigenvalue weighted by Crippen LogP contribution is 2.37. The summed E-state index contributed by atoms with van der Waals surface area (Å²) in [4.78, 5) is 42.3. The minimum atomic E-state index is -2.81. The maximum absolute atomic E-state index is 12.9. The van der Waals surface area contributed by atoms with Gasteiger partial charge in [0.15, 0.2) is 5.69 Å². The van der Waals surface area contributed by atoms with Crippen molar-refractivity contribution in [3.8, 4) is 0 Å². The molecule has 0 aliphatic carbocycles. The van der Waals surface area contributed by atoms with Crippen LogP contribution in [0.25, 0.3) is 0 Å². The van der Waals surface area contributed by atoms with Gasteiger partial charge in [-0.3, -0.25) is 14.5 Å². The van der Waals surface area contributed by atoms with E-state index in [0.717, 1.165) is 4.90 Å². The van der Waals surface area contributed by atoms with Crippen molar-refractivity contribution >= 4 is 17.8 Å². The molecule has 0 N–H and O–H groups in total. The highest BCUT2D eigenvalue weighted by atomic mass is 19.3. The van der Waals surface area contributed by atoms with Crippen LogP contribution in [-0.4, -0.2) is 74.5 Å². The predicted octanol–water partition coefficient (Wildman–Crippen LogP) is 2.11. The number of aromatic nitrogens is 2. The van der Waals surface area contributed by atoms with Crippen molar-refractivity contribution in [2.24, 2.45) is 5.92 Å². The van der Waals surface area contributed by atoms with Crippen molar-refractivity contribution in [3.05, 3.63) is 17.5 Å². The van der Waals surface area contributed by atoms with E-state index in [1.807, 2.05) is 13.8 Å². The minimum absolute atomic E-state index is 0.0428. The molecule has 0 radical (unpaired) electrons. The number of hydrogen-bond acceptors (Lipinski definition) is 4. The number of hydrogen-bond donors (Lipinski definition) is 0. The molecule has 0 unspecified atom stereocenters. The van der Waals surface area contributed by atoms with E-state index in [2.05, 4.69) is 5.10 Å². The first-order valence-electron chi connectivity index (χ1n) is 9.32. The number of carbonyl (C=O) groups excluding carboxylic acids is 3. The first-order valence-corrected chi connectivity index (χ1v) is 9.32. The zero-order valence-electron chi connectivity index (χ0n) is 16.5. The second-order valence-corrected chi connectivity index (χ2v) is 7.87. The molecule has 0 aromatic carbocycles. The standard InChI is InChI=1S/C18H25F2N5O3/c1-11(2)10-24-17(28)22(4)15(27)18(24)5-7-23(8-6-18)14(26)13-9-12(3)25(21-13)16(19)20/h9,11,16H,5-8,10H2,1-4H3. The zero-order chi connectivity index (χ0) is 20.8. The second kappa shape index (κ2) is 7.14. The summed E-state index contributed by atoms with van der Waals surface area (Å²) in [6.07, 6.45) is 0.629. The lowest BCUT2D eigenvalue weighted by Gasteiger charge is -2.42. The van der Waals surface area contributed by atoms with Gasteiger partial charge in [-0.15, -0.1) is 0 Å². The molecule has 2 aliphatic heterocycles. The average molecular weight is 397 g/mol. The molecular weight excluding hydrogens is 372 g/mol. The lowest BCUT2D eigenvalue weighted by molar-refractivity contribution is -0.134. The molecule has 0 saturated carbocycles. The number of carbonyl (C=O) groups is 3. The summed E-state index contributed by atoms with van der Waals surface area (Å²) in [6, 6.07) is 1.02. The summed E-state index contributed by atoms with van der Waals surface area (Å²) in [5.74, 6) is -0.498. The molecule has 0 atom stereocenters. The van der Waals surface area contributed by atoms with Crippen LogP contribution in [0.4, 0.5) is 13.6 Å². The molecular formula is C18H25F2N5O3. The topological polar surface area (TPSA) is 78.8 Å². The maximum atomic E-state index is 12.9. The summed E-state index contributed by atoms with van der Waals surface area (Å²) < 4.78 is 26.3. The fourth-order valence-electron chi connectivity index (χ4n) is 4.01. The van der Waals surface area contributed by atoms with Crippen molar-refractivity contribution in [3.63, 3.8) is 0 Å². The van der Waals surface area contributed by atoms with E-state index in [0.29, 0.717) is 24.1 Å². The molecule has 1 aromatic heterocycles. The largest absolute Gasteiger partial charge is 0.337 e. The average Bonchev–Trinajstić information content (AvgIpc) is 3.11. The quantitative estimate of drug-likeness (QED) is 0.729. The summed E-state index contributed by atoms with van der Waals surface area (Å²) in [5, 5.41) is 3.70. The number of rotatable bonds is 4. The van der Waals surface area contributed by atoms with Gasteiger partial charge in [0, 0.05) is 32.4 Å². The Hall–Kier alpha value is -2.52. The van der Waals surface area contributed by atoms with Crippen LogP contribution >= 0.6 is 0 Å². The number of halogens is 2. The Bertz CT molecular complexity index is 799. The predicted molar refractivity (Wildman–Crippen MR) is 95.8 cm³/mol. The number of urea groups is 1. The van der Waals surface area contributed by atoms with Gasteiger partial charge in [-0.25, -0.2) is 9.48 Å². The van der Waals surface area contributed by atoms with E-state index >= 15 is 0 Å². The third-order valence-electron chi connectivity index (χ3n) is 5.49. The van der Waals surface area contributed by atoms with Gasteiger partial charge < -0.3 is 9.80 Å². The normalized spacial score (nSPS) is 19.6. The van der Waals surface area contributed by atoms with Gasteiger partial charge in [0.1, 0.15) is 5.54 Å². The Morgan fingerprint density at radius 3 is 2.36 bits per heavy atom. The van der Waals surface area contributed by atoms with Crippen molar-refractivity contribution in [2.75, 3.05) is 26.7 Å². The highest BCUT2D eigenvalue weighted by molar-refractivity contribution is 6.07. The molecule has 0 bridgehead atoms. The molecule has 28 heavy (non-hydrogen) atoms. The summed E-state index contributed by atoms with van der Waals surface area (Å²) in [6.45, 7) is 3.56. The Labute approximate surface area is 162 Å². The van der Waals surface area contributed by atoms with Gasteiger partial charge in [0.2, 0.25) is 0 Å². The van der Waals surface area contributed by atoms with Gasteiger partial charge in [0.25, 0.3) is 11.8 Å². The highest BCUT2D eigenvalue weighted by Gasteiger charge is 2.57. The van der Waals surface area contributed by atoms with Crippen molar-refractivity contribution in [1.82, 2.24) is 24.5 Å². The van der Waals surface area contributed by atoms with E-state index in [1.54, 1.807) is 4.90 Å². The van der Waals surface area contributed by atoms with Crippen LogP contribution in [0.15, 0.2) is 6.07 Å². The summed E-state index contributed by atoms with van der Waals surface area (Å²) in [5.41, 5.74) is -0.780. The number of alkyl halides is 2. The molecule has 10 heteroatoms. The smallest absolute Gasteiger partial charge is 0.333 e. The molecule has 8 nitrogen and oxygen atoms in total. The van der Waals surface area contributed by atoms with Gasteiger partial charge in [-0.2, -0.15) is 13.9 Å². The SMILES string of the molecule is Cc1cc(C(=O)N2CCC3(CC2)C(=O)N(C)C(=O)N3CC(C)C)nn1C(F)F. The van der Waals surface area contributed by atoms with E-state index in [9.17, 15) is 23.2 Å². The fourth-order valence-corrected chi connectivity index (χ4v) is 4.01. The zero-order valence-corrected chi connectivity index (χ0v) is 16.5. The molecule has 2 aliphatic rings. The molecule has 2 saturated heterocycles. The molecule has 2 fully saturated rings. The first kappa shape index (κ1) is 20.2. The molecule has 154 valence electrons. The van der Waals surface area contributed by atoms with Crippen LogP contribution in [0.1, 0.15) is 49.4 Å². The maximum Gasteiger partial charge on any atom is 0.333 e. The van der Waals surface area contributed by atoms with Crippen molar-refractivity contribution in [1.29, 1.82) is 0 Å². The van der Waals surface area contributed by atoms with Crippen LogP contribution in [-0.2, 0) is 4.79 Å². The first-order chi connectivity index (χ1) is 13.1. The van der Waals surface area contributed by atoms with Crippen LogP contribution < -0.4 is 0 Å². The van der Waals surface area contributed by atoms with Crippen LogP contribution in [0.5, 0.6) is 0 Å². The minimum Gasteiger partial charge on any atom is -0.337 e. The van der Waals surface area contributed by atoms with E-state index < -0.39 is 18.0 Å². The Morgan fingerprint density at radius 1 is 1.25 bits per heavy atom. The molecule has 4 amide bonds. The summed E-state index contributed by atoms with van der Waals surface area (Å²) >= 11 is 0. The monoisotopic (exact) mass is 397 g/mol. The Balaban J connectivity index is 1.77. The number of aryl methyl sites for hydroxylation is 1. The Morgan fingerprint density at radius 2 is 1.86 bits per heavy atom. The van der Waals surface area contributed by atoms with Crippen molar-refractivity contribution in [2.45, 2.75) is 45.7 Å². The van der Waals surface area contributed by atoms with Gasteiger partial charge in [0.05, 0.1) is 0 Å². The van der Waals surface area contributed by atoms with Gasteiger partial charge in [-0.1, -0.05) is 13.8 Å². The lowest BCUT2D eigenvalue weighted by atomic mass is 9.85. The summed E-state index contributed by atoms with van der Waals surface area (Å²) in [7, 11) is 1.48. The van der Waals surface area contributed by atoms with Gasteiger partial charge in [-0.05, 0) is 31.7 Å².